The molecule has 1 heterocycles. The van der Waals surface area contributed by atoms with Crippen LogP contribution in [0.3, 0.4) is 0 Å². The van der Waals surface area contributed by atoms with E-state index in [0.29, 0.717) is 38.7 Å². The standard InChI is InChI=1S/C30H24ClF2N3O3S/c1-17-8-11-21(12-9-17)40(38,39)36-28-19(3)14-18(2)15-23(28)27(22-6-4-5-7-24(22)31)29(36)35-30(37)34-26-13-10-20(32)16-25(26)33/h4-16H,1-3H3,(H2,34,35,37). The van der Waals surface area contributed by atoms with E-state index in [0.717, 1.165) is 27.2 Å². The van der Waals surface area contributed by atoms with E-state index < -0.39 is 27.7 Å². The van der Waals surface area contributed by atoms with Crippen molar-refractivity contribution < 1.29 is 22.0 Å². The van der Waals surface area contributed by atoms with Gasteiger partial charge < -0.3 is 5.32 Å². The summed E-state index contributed by atoms with van der Waals surface area (Å²) in [6.07, 6.45) is 0. The summed E-state index contributed by atoms with van der Waals surface area (Å²) in [5.74, 6) is -1.88. The number of rotatable bonds is 5. The van der Waals surface area contributed by atoms with Gasteiger partial charge in [-0.05, 0) is 62.7 Å². The second kappa shape index (κ2) is 10.4. The number of aromatic nitrogens is 1. The van der Waals surface area contributed by atoms with E-state index in [1.807, 2.05) is 26.0 Å². The zero-order valence-electron chi connectivity index (χ0n) is 21.7. The number of aryl methyl sites for hydroxylation is 3. The Morgan fingerprint density at radius 3 is 2.23 bits per heavy atom. The first kappa shape index (κ1) is 27.4. The molecule has 10 heteroatoms. The zero-order valence-corrected chi connectivity index (χ0v) is 23.3. The van der Waals surface area contributed by atoms with Crippen LogP contribution in [-0.4, -0.2) is 18.4 Å². The van der Waals surface area contributed by atoms with Gasteiger partial charge in [-0.2, -0.15) is 0 Å². The second-order valence-electron chi connectivity index (χ2n) is 9.47. The molecule has 0 aliphatic carbocycles. The fourth-order valence-corrected chi connectivity index (χ4v) is 6.50. The minimum absolute atomic E-state index is 0.00807. The summed E-state index contributed by atoms with van der Waals surface area (Å²) in [6, 6.07) is 18.7. The van der Waals surface area contributed by atoms with Crippen LogP contribution in [0.1, 0.15) is 16.7 Å². The summed E-state index contributed by atoms with van der Waals surface area (Å²) in [5, 5.41) is 5.86. The summed E-state index contributed by atoms with van der Waals surface area (Å²) in [7, 11) is -4.27. The van der Waals surface area contributed by atoms with Crippen LogP contribution in [0.2, 0.25) is 5.02 Å². The second-order valence-corrected chi connectivity index (χ2v) is 11.7. The van der Waals surface area contributed by atoms with Crippen LogP contribution in [0.5, 0.6) is 0 Å². The molecule has 4 aromatic carbocycles. The Balaban J connectivity index is 1.81. The number of hydrogen-bond donors (Lipinski definition) is 2. The number of hydrogen-bond acceptors (Lipinski definition) is 3. The first-order valence-electron chi connectivity index (χ1n) is 12.2. The molecule has 0 radical (unpaired) electrons. The Bertz CT molecular complexity index is 1900. The molecule has 0 aliphatic heterocycles. The average Bonchev–Trinajstić information content (AvgIpc) is 3.20. The highest BCUT2D eigenvalue weighted by molar-refractivity contribution is 7.90. The third-order valence-electron chi connectivity index (χ3n) is 6.47. The maximum absolute atomic E-state index is 14.3. The number of amides is 2. The molecule has 5 rings (SSSR count). The van der Waals surface area contributed by atoms with Crippen molar-refractivity contribution in [3.8, 4) is 11.1 Å². The number of carbonyl (C=O) groups excluding carboxylic acids is 1. The van der Waals surface area contributed by atoms with E-state index in [2.05, 4.69) is 10.6 Å². The molecule has 40 heavy (non-hydrogen) atoms. The lowest BCUT2D eigenvalue weighted by Crippen LogP contribution is -2.24. The monoisotopic (exact) mass is 579 g/mol. The van der Waals surface area contributed by atoms with Crippen LogP contribution in [0.4, 0.5) is 25.1 Å². The van der Waals surface area contributed by atoms with E-state index in [1.165, 1.54) is 12.1 Å². The van der Waals surface area contributed by atoms with Crippen LogP contribution >= 0.6 is 11.6 Å². The van der Waals surface area contributed by atoms with E-state index in [1.54, 1.807) is 43.3 Å². The van der Waals surface area contributed by atoms with Crippen molar-refractivity contribution in [3.05, 3.63) is 112 Å². The minimum Gasteiger partial charge on any atom is -0.305 e. The maximum atomic E-state index is 14.3. The van der Waals surface area contributed by atoms with E-state index >= 15 is 0 Å². The van der Waals surface area contributed by atoms with Gasteiger partial charge in [-0.25, -0.2) is 26.0 Å². The molecule has 0 fully saturated rings. The van der Waals surface area contributed by atoms with Crippen LogP contribution in [0, 0.1) is 32.4 Å². The molecular weight excluding hydrogens is 556 g/mol. The smallest absolute Gasteiger partial charge is 0.305 e. The number of halogens is 3. The summed E-state index contributed by atoms with van der Waals surface area (Å²) < 4.78 is 57.3. The highest BCUT2D eigenvalue weighted by atomic mass is 35.5. The van der Waals surface area contributed by atoms with Gasteiger partial charge in [0.05, 0.1) is 16.1 Å². The number of carbonyl (C=O) groups is 1. The van der Waals surface area contributed by atoms with Gasteiger partial charge in [0.15, 0.2) is 0 Å². The van der Waals surface area contributed by atoms with Crippen LogP contribution < -0.4 is 10.6 Å². The quantitative estimate of drug-likeness (QED) is 0.221. The minimum atomic E-state index is -4.27. The van der Waals surface area contributed by atoms with E-state index in [4.69, 9.17) is 11.6 Å². The Hall–Kier alpha value is -4.21. The first-order chi connectivity index (χ1) is 19.0. The first-order valence-corrected chi connectivity index (χ1v) is 14.0. The molecule has 0 atom stereocenters. The van der Waals surface area contributed by atoms with Gasteiger partial charge in [0, 0.05) is 27.6 Å². The molecule has 6 nitrogen and oxygen atoms in total. The number of fused-ring (bicyclic) bond motifs is 1. The molecule has 0 unspecified atom stereocenters. The fraction of sp³-hybridized carbons (Fsp3) is 0.100. The summed E-state index contributed by atoms with van der Waals surface area (Å²) in [5.41, 5.74) is 3.32. The Morgan fingerprint density at radius 1 is 0.850 bits per heavy atom. The van der Waals surface area contributed by atoms with Gasteiger partial charge >= 0.3 is 6.03 Å². The van der Waals surface area contributed by atoms with Gasteiger partial charge in [-0.3, -0.25) is 5.32 Å². The maximum Gasteiger partial charge on any atom is 0.324 e. The summed E-state index contributed by atoms with van der Waals surface area (Å²) >= 11 is 6.60. The predicted octanol–water partition coefficient (Wildman–Crippen LogP) is 8.05. The van der Waals surface area contributed by atoms with Gasteiger partial charge in [0.25, 0.3) is 10.0 Å². The van der Waals surface area contributed by atoms with Crippen molar-refractivity contribution in [1.82, 2.24) is 3.97 Å². The van der Waals surface area contributed by atoms with Crippen LogP contribution in [0.15, 0.2) is 83.8 Å². The summed E-state index contributed by atoms with van der Waals surface area (Å²) in [6.45, 7) is 5.51. The van der Waals surface area contributed by atoms with E-state index in [-0.39, 0.29) is 16.4 Å². The zero-order chi connectivity index (χ0) is 28.8. The molecule has 0 saturated carbocycles. The lowest BCUT2D eigenvalue weighted by molar-refractivity contribution is 0.262. The van der Waals surface area contributed by atoms with Crippen molar-refractivity contribution in [2.45, 2.75) is 25.7 Å². The predicted molar refractivity (Wildman–Crippen MR) is 155 cm³/mol. The van der Waals surface area contributed by atoms with Gasteiger partial charge in [-0.15, -0.1) is 0 Å². The Morgan fingerprint density at radius 2 is 1.55 bits per heavy atom. The van der Waals surface area contributed by atoms with Gasteiger partial charge in [0.1, 0.15) is 17.5 Å². The Labute approximate surface area is 235 Å². The van der Waals surface area contributed by atoms with Crippen LogP contribution in [0.25, 0.3) is 22.0 Å². The normalized spacial score (nSPS) is 11.6. The van der Waals surface area contributed by atoms with Gasteiger partial charge in [0.2, 0.25) is 0 Å². The topological polar surface area (TPSA) is 80.2 Å². The molecule has 0 bridgehead atoms. The highest BCUT2D eigenvalue weighted by Gasteiger charge is 2.31. The molecule has 1 aromatic heterocycles. The molecular formula is C30H24ClF2N3O3S. The largest absolute Gasteiger partial charge is 0.324 e. The number of nitrogens with zero attached hydrogens (tertiary/aromatic N) is 1. The van der Waals surface area contributed by atoms with Crippen molar-refractivity contribution in [2.75, 3.05) is 10.6 Å². The van der Waals surface area contributed by atoms with Crippen molar-refractivity contribution >= 4 is 50.1 Å². The lowest BCUT2D eigenvalue weighted by atomic mass is 10.0. The summed E-state index contributed by atoms with van der Waals surface area (Å²) in [4.78, 5) is 13.3. The molecule has 2 N–H and O–H groups in total. The van der Waals surface area contributed by atoms with Crippen molar-refractivity contribution in [3.63, 3.8) is 0 Å². The molecule has 5 aromatic rings. The number of urea groups is 1. The third-order valence-corrected chi connectivity index (χ3v) is 8.51. The molecule has 2 amide bonds. The number of nitrogens with one attached hydrogen (secondary N) is 2. The lowest BCUT2D eigenvalue weighted by Gasteiger charge is -2.16. The SMILES string of the molecule is Cc1ccc(S(=O)(=O)n2c(NC(=O)Nc3ccc(F)cc3F)c(-c3ccccc3Cl)c3cc(C)cc(C)c32)cc1. The fourth-order valence-electron chi connectivity index (χ4n) is 4.72. The molecule has 0 aliphatic rings. The van der Waals surface area contributed by atoms with Crippen LogP contribution in [-0.2, 0) is 10.0 Å². The molecule has 204 valence electrons. The third kappa shape index (κ3) is 4.94. The van der Waals surface area contributed by atoms with Gasteiger partial charge in [-0.1, -0.05) is 59.1 Å². The van der Waals surface area contributed by atoms with Crippen molar-refractivity contribution in [1.29, 1.82) is 0 Å². The Kier molecular flexibility index (Phi) is 7.12. The van der Waals surface area contributed by atoms with E-state index in [9.17, 15) is 22.0 Å². The van der Waals surface area contributed by atoms with Crippen molar-refractivity contribution in [2.24, 2.45) is 0 Å². The number of benzene rings is 4. The average molecular weight is 580 g/mol. The molecule has 0 spiro atoms. The molecule has 0 saturated heterocycles. The number of anilines is 2. The highest BCUT2D eigenvalue weighted by Crippen LogP contribution is 2.44.